The first-order chi connectivity index (χ1) is 14.0. The van der Waals surface area contributed by atoms with E-state index in [0.717, 1.165) is 38.0 Å². The highest BCUT2D eigenvalue weighted by Gasteiger charge is 2.24. The molecular formula is C23H28ClN3O2. The second-order valence-electron chi connectivity index (χ2n) is 7.51. The highest BCUT2D eigenvalue weighted by molar-refractivity contribution is 6.33. The van der Waals surface area contributed by atoms with Gasteiger partial charge in [-0.1, -0.05) is 42.8 Å². The Morgan fingerprint density at radius 2 is 1.66 bits per heavy atom. The summed E-state index contributed by atoms with van der Waals surface area (Å²) in [5.41, 5.74) is 2.15. The first-order valence-corrected chi connectivity index (χ1v) is 10.6. The van der Waals surface area contributed by atoms with Crippen molar-refractivity contribution < 1.29 is 9.59 Å². The Morgan fingerprint density at radius 3 is 2.31 bits per heavy atom. The lowest BCUT2D eigenvalue weighted by Crippen LogP contribution is -2.45. The molecule has 2 aromatic rings. The average molecular weight is 414 g/mol. The Hall–Kier alpha value is -2.53. The molecule has 1 atom stereocenters. The molecule has 0 aliphatic carbocycles. The van der Waals surface area contributed by atoms with Crippen molar-refractivity contribution in [2.75, 3.05) is 18.0 Å². The van der Waals surface area contributed by atoms with Crippen molar-refractivity contribution in [1.29, 1.82) is 0 Å². The topological polar surface area (TPSA) is 61.4 Å². The molecule has 29 heavy (non-hydrogen) atoms. The van der Waals surface area contributed by atoms with Crippen molar-refractivity contribution >= 4 is 29.1 Å². The summed E-state index contributed by atoms with van der Waals surface area (Å²) < 4.78 is 0. The van der Waals surface area contributed by atoms with Gasteiger partial charge in [0, 0.05) is 30.9 Å². The van der Waals surface area contributed by atoms with Gasteiger partial charge in [-0.25, -0.2) is 0 Å². The minimum absolute atomic E-state index is 0.0379. The third kappa shape index (κ3) is 5.30. The fourth-order valence-corrected chi connectivity index (χ4v) is 3.74. The molecule has 6 heteroatoms. The summed E-state index contributed by atoms with van der Waals surface area (Å²) in [5.74, 6) is -0.175. The van der Waals surface area contributed by atoms with Gasteiger partial charge >= 0.3 is 0 Å². The number of hydrogen-bond donors (Lipinski definition) is 2. The Balaban J connectivity index is 1.62. The summed E-state index contributed by atoms with van der Waals surface area (Å²) in [7, 11) is 0. The molecule has 2 aromatic carbocycles. The van der Waals surface area contributed by atoms with Crippen LogP contribution < -0.4 is 15.5 Å². The van der Waals surface area contributed by atoms with E-state index in [2.05, 4.69) is 22.5 Å². The number of carbonyl (C=O) groups excluding carboxylic acids is 2. The molecule has 1 unspecified atom stereocenters. The van der Waals surface area contributed by atoms with Crippen molar-refractivity contribution in [2.24, 2.45) is 0 Å². The molecule has 3 rings (SSSR count). The molecule has 5 nitrogen and oxygen atoms in total. The second kappa shape index (κ2) is 9.79. The van der Waals surface area contributed by atoms with Gasteiger partial charge < -0.3 is 15.5 Å². The molecule has 1 saturated heterocycles. The SMILES string of the molecule is CCC(C)NC(=O)c1ccccc1N1CCC(NC(=O)c2ccccc2Cl)CC1. The van der Waals surface area contributed by atoms with Crippen LogP contribution in [-0.2, 0) is 0 Å². The van der Waals surface area contributed by atoms with Gasteiger partial charge in [-0.15, -0.1) is 0 Å². The van der Waals surface area contributed by atoms with Crippen LogP contribution in [0.25, 0.3) is 0 Å². The molecule has 154 valence electrons. The highest BCUT2D eigenvalue weighted by atomic mass is 35.5. The number of para-hydroxylation sites is 1. The zero-order chi connectivity index (χ0) is 20.8. The van der Waals surface area contributed by atoms with Crippen LogP contribution in [-0.4, -0.2) is 37.0 Å². The number of halogens is 1. The summed E-state index contributed by atoms with van der Waals surface area (Å²) in [6.45, 7) is 5.62. The van der Waals surface area contributed by atoms with E-state index in [1.54, 1.807) is 12.1 Å². The largest absolute Gasteiger partial charge is 0.371 e. The van der Waals surface area contributed by atoms with E-state index in [1.165, 1.54) is 0 Å². The first-order valence-electron chi connectivity index (χ1n) is 10.2. The number of amides is 2. The smallest absolute Gasteiger partial charge is 0.253 e. The van der Waals surface area contributed by atoms with Gasteiger partial charge in [-0.2, -0.15) is 0 Å². The predicted molar refractivity (Wildman–Crippen MR) is 118 cm³/mol. The summed E-state index contributed by atoms with van der Waals surface area (Å²) in [6, 6.07) is 15.0. The van der Waals surface area contributed by atoms with Gasteiger partial charge in [-0.3, -0.25) is 9.59 Å². The number of hydrogen-bond acceptors (Lipinski definition) is 3. The molecule has 0 bridgehead atoms. The van der Waals surface area contributed by atoms with Gasteiger partial charge in [0.1, 0.15) is 0 Å². The van der Waals surface area contributed by atoms with E-state index in [9.17, 15) is 9.59 Å². The molecule has 0 aromatic heterocycles. The number of nitrogens with zero attached hydrogens (tertiary/aromatic N) is 1. The van der Waals surface area contributed by atoms with Crippen LogP contribution in [0.5, 0.6) is 0 Å². The fraction of sp³-hybridized carbons (Fsp3) is 0.391. The molecule has 2 amide bonds. The highest BCUT2D eigenvalue weighted by Crippen LogP contribution is 2.25. The minimum atomic E-state index is -0.137. The first kappa shape index (κ1) is 21.2. The van der Waals surface area contributed by atoms with Gasteiger partial charge in [0.25, 0.3) is 11.8 Å². The zero-order valence-corrected chi connectivity index (χ0v) is 17.7. The average Bonchev–Trinajstić information content (AvgIpc) is 2.74. The standard InChI is InChI=1S/C23H28ClN3O2/c1-3-16(2)25-23(29)19-9-5-7-11-21(19)27-14-12-17(13-15-27)26-22(28)18-8-4-6-10-20(18)24/h4-11,16-17H,3,12-15H2,1-2H3,(H,25,29)(H,26,28). The summed E-state index contributed by atoms with van der Waals surface area (Å²) in [4.78, 5) is 27.4. The van der Waals surface area contributed by atoms with E-state index in [-0.39, 0.29) is 23.9 Å². The number of nitrogens with one attached hydrogen (secondary N) is 2. The maximum atomic E-state index is 12.7. The summed E-state index contributed by atoms with van der Waals surface area (Å²) in [5, 5.41) is 6.60. The lowest BCUT2D eigenvalue weighted by atomic mass is 10.0. The van der Waals surface area contributed by atoms with Gasteiger partial charge in [0.2, 0.25) is 0 Å². The third-order valence-corrected chi connectivity index (χ3v) is 5.76. The number of piperidine rings is 1. The lowest BCUT2D eigenvalue weighted by molar-refractivity contribution is 0.0928. The molecule has 2 N–H and O–H groups in total. The Bertz CT molecular complexity index is 863. The van der Waals surface area contributed by atoms with Crippen LogP contribution in [0.4, 0.5) is 5.69 Å². The van der Waals surface area contributed by atoms with E-state index >= 15 is 0 Å². The lowest BCUT2D eigenvalue weighted by Gasteiger charge is -2.35. The summed E-state index contributed by atoms with van der Waals surface area (Å²) >= 11 is 6.13. The molecular weight excluding hydrogens is 386 g/mol. The zero-order valence-electron chi connectivity index (χ0n) is 17.0. The van der Waals surface area contributed by atoms with Crippen LogP contribution in [0.1, 0.15) is 53.8 Å². The van der Waals surface area contributed by atoms with Gasteiger partial charge in [0.05, 0.1) is 16.1 Å². The van der Waals surface area contributed by atoms with E-state index < -0.39 is 0 Å². The minimum Gasteiger partial charge on any atom is -0.371 e. The maximum Gasteiger partial charge on any atom is 0.253 e. The van der Waals surface area contributed by atoms with Gasteiger partial charge in [0.15, 0.2) is 0 Å². The van der Waals surface area contributed by atoms with Crippen LogP contribution >= 0.6 is 11.6 Å². The molecule has 1 aliphatic rings. The fourth-order valence-electron chi connectivity index (χ4n) is 3.52. The Morgan fingerprint density at radius 1 is 1.03 bits per heavy atom. The van der Waals surface area contributed by atoms with Crippen molar-refractivity contribution in [3.63, 3.8) is 0 Å². The monoisotopic (exact) mass is 413 g/mol. The maximum absolute atomic E-state index is 12.7. The van der Waals surface area contributed by atoms with Crippen LogP contribution in [0.3, 0.4) is 0 Å². The Labute approximate surface area is 177 Å². The van der Waals surface area contributed by atoms with Crippen molar-refractivity contribution in [1.82, 2.24) is 10.6 Å². The second-order valence-corrected chi connectivity index (χ2v) is 7.92. The number of anilines is 1. The summed E-state index contributed by atoms with van der Waals surface area (Å²) in [6.07, 6.45) is 2.53. The predicted octanol–water partition coefficient (Wildman–Crippen LogP) is 4.27. The number of carbonyl (C=O) groups is 2. The van der Waals surface area contributed by atoms with Gasteiger partial charge in [-0.05, 0) is 50.5 Å². The quantitative estimate of drug-likeness (QED) is 0.743. The number of rotatable bonds is 6. The molecule has 0 saturated carbocycles. The number of benzene rings is 2. The third-order valence-electron chi connectivity index (χ3n) is 5.43. The Kier molecular flexibility index (Phi) is 7.15. The van der Waals surface area contributed by atoms with Crippen LogP contribution in [0.2, 0.25) is 5.02 Å². The van der Waals surface area contributed by atoms with Crippen molar-refractivity contribution in [2.45, 2.75) is 45.2 Å². The van der Waals surface area contributed by atoms with Crippen molar-refractivity contribution in [3.05, 3.63) is 64.7 Å². The molecule has 1 fully saturated rings. The molecule has 1 aliphatic heterocycles. The van der Waals surface area contributed by atoms with E-state index in [0.29, 0.717) is 16.1 Å². The van der Waals surface area contributed by atoms with Crippen LogP contribution in [0, 0.1) is 0 Å². The normalized spacial score (nSPS) is 15.6. The van der Waals surface area contributed by atoms with E-state index in [1.807, 2.05) is 43.3 Å². The molecule has 0 radical (unpaired) electrons. The molecule has 0 spiro atoms. The molecule has 1 heterocycles. The van der Waals surface area contributed by atoms with E-state index in [4.69, 9.17) is 11.6 Å². The van der Waals surface area contributed by atoms with Crippen molar-refractivity contribution in [3.8, 4) is 0 Å². The van der Waals surface area contributed by atoms with Crippen LogP contribution in [0.15, 0.2) is 48.5 Å².